The summed E-state index contributed by atoms with van der Waals surface area (Å²) in [7, 11) is 0. The lowest BCUT2D eigenvalue weighted by molar-refractivity contribution is -0.137. The van der Waals surface area contributed by atoms with E-state index in [0.717, 1.165) is 15.6 Å². The number of aromatic nitrogens is 3. The van der Waals surface area contributed by atoms with Crippen LogP contribution in [0.4, 0.5) is 15.6 Å². The maximum absolute atomic E-state index is 13.0. The molecule has 1 aromatic carbocycles. The van der Waals surface area contributed by atoms with Gasteiger partial charge in [-0.3, -0.25) is 24.2 Å². The molecule has 0 N–H and O–H groups in total. The van der Waals surface area contributed by atoms with Gasteiger partial charge in [-0.1, -0.05) is 29.0 Å². The summed E-state index contributed by atoms with van der Waals surface area (Å²) in [6, 6.07) is 7.66. The lowest BCUT2D eigenvalue weighted by Crippen LogP contribution is -2.52. The molecule has 0 saturated carbocycles. The average Bonchev–Trinajstić information content (AvgIpc) is 3.35. The number of carbonyl (C=O) groups is 3. The highest BCUT2D eigenvalue weighted by atomic mass is 32.1. The summed E-state index contributed by atoms with van der Waals surface area (Å²) < 4.78 is 1.64. The van der Waals surface area contributed by atoms with E-state index in [2.05, 4.69) is 10.1 Å². The number of urea groups is 1. The SMILES string of the molecule is Cc1ccc(N2C(=O)N(CC(=O)N3CCN(c4nn5c(C)cc(=O)nc5s4)CC3)C(=O)[C@@H]2C)cc1. The lowest BCUT2D eigenvalue weighted by Gasteiger charge is -2.34. The fraction of sp³-hybridized carbons (Fsp3) is 0.391. The third-order valence-corrected chi connectivity index (χ3v) is 7.35. The summed E-state index contributed by atoms with van der Waals surface area (Å²) in [5, 5.41) is 5.28. The highest BCUT2D eigenvalue weighted by Gasteiger charge is 2.44. The van der Waals surface area contributed by atoms with Crippen molar-refractivity contribution in [2.45, 2.75) is 26.8 Å². The van der Waals surface area contributed by atoms with E-state index in [-0.39, 0.29) is 23.9 Å². The van der Waals surface area contributed by atoms with Crippen LogP contribution >= 0.6 is 11.3 Å². The van der Waals surface area contributed by atoms with Crippen molar-refractivity contribution in [3.63, 3.8) is 0 Å². The van der Waals surface area contributed by atoms with Crippen LogP contribution in [0, 0.1) is 13.8 Å². The Bertz CT molecular complexity index is 1370. The van der Waals surface area contributed by atoms with Gasteiger partial charge >= 0.3 is 6.03 Å². The summed E-state index contributed by atoms with van der Waals surface area (Å²) in [5.41, 5.74) is 2.10. The van der Waals surface area contributed by atoms with E-state index < -0.39 is 12.1 Å². The molecule has 182 valence electrons. The average molecular weight is 496 g/mol. The molecule has 4 heterocycles. The molecule has 0 radical (unpaired) electrons. The normalized spacial score (nSPS) is 18.8. The second-order valence-corrected chi connectivity index (χ2v) is 9.71. The Hall–Kier alpha value is -3.80. The van der Waals surface area contributed by atoms with Crippen molar-refractivity contribution in [1.82, 2.24) is 24.4 Å². The maximum atomic E-state index is 13.0. The summed E-state index contributed by atoms with van der Waals surface area (Å²) in [4.78, 5) is 61.2. The molecular formula is C23H25N7O4S. The summed E-state index contributed by atoms with van der Waals surface area (Å²) in [6.07, 6.45) is 0. The molecule has 0 spiro atoms. The van der Waals surface area contributed by atoms with Gasteiger partial charge in [0, 0.05) is 43.6 Å². The van der Waals surface area contributed by atoms with Crippen molar-refractivity contribution >= 4 is 45.0 Å². The first kappa shape index (κ1) is 23.0. The number of carbonyl (C=O) groups excluding carboxylic acids is 3. The molecule has 1 atom stereocenters. The van der Waals surface area contributed by atoms with Gasteiger partial charge in [0.2, 0.25) is 16.0 Å². The fourth-order valence-electron chi connectivity index (χ4n) is 4.36. The van der Waals surface area contributed by atoms with Gasteiger partial charge in [0.1, 0.15) is 12.6 Å². The van der Waals surface area contributed by atoms with Crippen LogP contribution in [-0.4, -0.2) is 81.0 Å². The van der Waals surface area contributed by atoms with E-state index in [1.165, 1.54) is 22.3 Å². The Balaban J connectivity index is 1.23. The van der Waals surface area contributed by atoms with Crippen molar-refractivity contribution in [3.05, 3.63) is 51.9 Å². The topological polar surface area (TPSA) is 111 Å². The van der Waals surface area contributed by atoms with Gasteiger partial charge in [-0.2, -0.15) is 4.98 Å². The van der Waals surface area contributed by atoms with Gasteiger partial charge in [0.15, 0.2) is 0 Å². The predicted molar refractivity (Wildman–Crippen MR) is 131 cm³/mol. The zero-order valence-corrected chi connectivity index (χ0v) is 20.5. The first-order chi connectivity index (χ1) is 16.7. The minimum absolute atomic E-state index is 0.267. The molecule has 0 unspecified atom stereocenters. The Morgan fingerprint density at radius 3 is 2.43 bits per heavy atom. The Morgan fingerprint density at radius 1 is 1.06 bits per heavy atom. The highest BCUT2D eigenvalue weighted by molar-refractivity contribution is 7.20. The second-order valence-electron chi connectivity index (χ2n) is 8.77. The van der Waals surface area contributed by atoms with Crippen LogP contribution in [0.1, 0.15) is 18.2 Å². The van der Waals surface area contributed by atoms with E-state index in [4.69, 9.17) is 0 Å². The van der Waals surface area contributed by atoms with Gasteiger partial charge in [0.25, 0.3) is 11.5 Å². The maximum Gasteiger partial charge on any atom is 0.332 e. The second kappa shape index (κ2) is 8.77. The molecule has 2 fully saturated rings. The van der Waals surface area contributed by atoms with Crippen LogP contribution in [-0.2, 0) is 9.59 Å². The molecule has 12 heteroatoms. The van der Waals surface area contributed by atoms with Crippen molar-refractivity contribution in [2.75, 3.05) is 42.5 Å². The highest BCUT2D eigenvalue weighted by Crippen LogP contribution is 2.27. The number of imide groups is 1. The number of anilines is 2. The molecule has 2 aliphatic rings. The molecular weight excluding hydrogens is 470 g/mol. The number of piperazine rings is 1. The zero-order chi connectivity index (χ0) is 24.9. The molecule has 0 bridgehead atoms. The van der Waals surface area contributed by atoms with E-state index in [1.807, 2.05) is 24.0 Å². The summed E-state index contributed by atoms with van der Waals surface area (Å²) >= 11 is 1.33. The Kier molecular flexibility index (Phi) is 5.75. The van der Waals surface area contributed by atoms with Crippen molar-refractivity contribution in [1.29, 1.82) is 0 Å². The van der Waals surface area contributed by atoms with E-state index in [0.29, 0.717) is 42.5 Å². The van der Waals surface area contributed by atoms with Crippen LogP contribution in [0.25, 0.3) is 4.96 Å². The fourth-order valence-corrected chi connectivity index (χ4v) is 5.37. The van der Waals surface area contributed by atoms with E-state index >= 15 is 0 Å². The quantitative estimate of drug-likeness (QED) is 0.501. The molecule has 3 aromatic rings. The van der Waals surface area contributed by atoms with Crippen LogP contribution < -0.4 is 15.4 Å². The molecule has 4 amide bonds. The largest absolute Gasteiger partial charge is 0.343 e. The minimum Gasteiger partial charge on any atom is -0.343 e. The van der Waals surface area contributed by atoms with Gasteiger partial charge < -0.3 is 9.80 Å². The first-order valence-corrected chi connectivity index (χ1v) is 12.2. The van der Waals surface area contributed by atoms with Gasteiger partial charge in [-0.05, 0) is 32.9 Å². The summed E-state index contributed by atoms with van der Waals surface area (Å²) in [6.45, 7) is 7.11. The van der Waals surface area contributed by atoms with Gasteiger partial charge in [0.05, 0.1) is 0 Å². The number of nitrogens with zero attached hydrogens (tertiary/aromatic N) is 7. The van der Waals surface area contributed by atoms with Gasteiger partial charge in [-0.15, -0.1) is 5.10 Å². The standard InChI is InChI=1S/C23H25N7O4S/c1-14-4-6-17(7-5-14)29-16(3)20(33)28(23(29)34)13-19(32)26-8-10-27(11-9-26)22-25-30-15(2)12-18(31)24-21(30)35-22/h4-7,12,16H,8-11,13H2,1-3H3/t16-/m0/s1. The van der Waals surface area contributed by atoms with E-state index in [1.54, 1.807) is 35.4 Å². The molecule has 2 aromatic heterocycles. The molecule has 35 heavy (non-hydrogen) atoms. The number of benzene rings is 1. The number of fused-ring (bicyclic) bond motifs is 1. The molecule has 11 nitrogen and oxygen atoms in total. The number of rotatable bonds is 4. The minimum atomic E-state index is -0.668. The lowest BCUT2D eigenvalue weighted by atomic mass is 10.2. The van der Waals surface area contributed by atoms with E-state index in [9.17, 15) is 19.2 Å². The smallest absolute Gasteiger partial charge is 0.332 e. The monoisotopic (exact) mass is 495 g/mol. The van der Waals surface area contributed by atoms with Crippen LogP contribution in [0.3, 0.4) is 0 Å². The Morgan fingerprint density at radius 2 is 1.74 bits per heavy atom. The first-order valence-electron chi connectivity index (χ1n) is 11.3. The van der Waals surface area contributed by atoms with Crippen molar-refractivity contribution in [3.8, 4) is 0 Å². The third-order valence-electron chi connectivity index (χ3n) is 6.38. The molecule has 2 aliphatic heterocycles. The van der Waals surface area contributed by atoms with Gasteiger partial charge in [-0.25, -0.2) is 9.31 Å². The van der Waals surface area contributed by atoms with Crippen LogP contribution in [0.15, 0.2) is 35.1 Å². The van der Waals surface area contributed by atoms with Crippen LogP contribution in [0.2, 0.25) is 0 Å². The molecule has 2 saturated heterocycles. The van der Waals surface area contributed by atoms with Crippen molar-refractivity contribution in [2.24, 2.45) is 0 Å². The third kappa shape index (κ3) is 4.14. The Labute approximate surface area is 205 Å². The number of hydrogen-bond acceptors (Lipinski definition) is 8. The number of amides is 4. The molecule has 0 aliphatic carbocycles. The van der Waals surface area contributed by atoms with Crippen LogP contribution in [0.5, 0.6) is 0 Å². The van der Waals surface area contributed by atoms with Crippen molar-refractivity contribution < 1.29 is 14.4 Å². The number of aryl methyl sites for hydroxylation is 2. The summed E-state index contributed by atoms with van der Waals surface area (Å²) in [5.74, 6) is -0.647. The molecule has 5 rings (SSSR count). The predicted octanol–water partition coefficient (Wildman–Crippen LogP) is 1.27. The zero-order valence-electron chi connectivity index (χ0n) is 19.7. The number of hydrogen-bond donors (Lipinski definition) is 0.